The van der Waals surface area contributed by atoms with Crippen molar-refractivity contribution in [1.29, 1.82) is 0 Å². The van der Waals surface area contributed by atoms with Crippen molar-refractivity contribution in [1.82, 2.24) is 4.90 Å². The summed E-state index contributed by atoms with van der Waals surface area (Å²) in [6.45, 7) is 4.40. The lowest BCUT2D eigenvalue weighted by Crippen LogP contribution is -2.21. The van der Waals surface area contributed by atoms with E-state index in [0.717, 1.165) is 42.6 Å². The summed E-state index contributed by atoms with van der Waals surface area (Å²) in [5.74, 6) is 0. The van der Waals surface area contributed by atoms with Crippen molar-refractivity contribution < 1.29 is 9.15 Å². The van der Waals surface area contributed by atoms with Gasteiger partial charge >= 0.3 is 5.63 Å². The molecular formula is C16H21NO3. The van der Waals surface area contributed by atoms with Gasteiger partial charge in [-0.05, 0) is 37.6 Å². The molecule has 0 fully saturated rings. The quantitative estimate of drug-likeness (QED) is 0.600. The lowest BCUT2D eigenvalue weighted by molar-refractivity contribution is 0.178. The summed E-state index contributed by atoms with van der Waals surface area (Å²) in [7, 11) is 3.75. The first-order valence-corrected chi connectivity index (χ1v) is 6.81. The fourth-order valence-corrected chi connectivity index (χ4v) is 2.32. The van der Waals surface area contributed by atoms with Gasteiger partial charge in [0.15, 0.2) is 0 Å². The molecule has 0 saturated heterocycles. The second-order valence-electron chi connectivity index (χ2n) is 5.17. The van der Waals surface area contributed by atoms with Crippen molar-refractivity contribution >= 4 is 11.0 Å². The molecule has 0 N–H and O–H groups in total. The molecule has 4 nitrogen and oxygen atoms in total. The number of nitrogens with zero attached hydrogens (tertiary/aromatic N) is 1. The second kappa shape index (κ2) is 6.68. The standard InChI is InChI=1S/C16H21NO3/c1-12-5-6-14-13(10-16(18)20-15(14)9-12)11-17(2)7-4-8-19-3/h5-6,9-10H,4,7-8,11H2,1-3H3. The highest BCUT2D eigenvalue weighted by molar-refractivity contribution is 5.80. The van der Waals surface area contributed by atoms with E-state index in [2.05, 4.69) is 4.90 Å². The van der Waals surface area contributed by atoms with Crippen LogP contribution in [-0.2, 0) is 11.3 Å². The normalized spacial score (nSPS) is 11.4. The highest BCUT2D eigenvalue weighted by atomic mass is 16.5. The Morgan fingerprint density at radius 3 is 2.85 bits per heavy atom. The van der Waals surface area contributed by atoms with Gasteiger partial charge in [-0.1, -0.05) is 12.1 Å². The van der Waals surface area contributed by atoms with Crippen molar-refractivity contribution in [3.8, 4) is 0 Å². The average Bonchev–Trinajstić information content (AvgIpc) is 2.38. The molecule has 0 bridgehead atoms. The minimum atomic E-state index is -0.289. The molecule has 0 unspecified atom stereocenters. The summed E-state index contributed by atoms with van der Waals surface area (Å²) in [6.07, 6.45) is 0.978. The molecular weight excluding hydrogens is 254 g/mol. The summed E-state index contributed by atoms with van der Waals surface area (Å²) in [4.78, 5) is 13.8. The summed E-state index contributed by atoms with van der Waals surface area (Å²) < 4.78 is 10.3. The summed E-state index contributed by atoms with van der Waals surface area (Å²) in [5.41, 5.74) is 2.48. The van der Waals surface area contributed by atoms with E-state index in [1.807, 2.05) is 32.2 Å². The van der Waals surface area contributed by atoms with Gasteiger partial charge in [-0.3, -0.25) is 0 Å². The number of hydrogen-bond acceptors (Lipinski definition) is 4. The molecule has 0 radical (unpaired) electrons. The van der Waals surface area contributed by atoms with Crippen molar-refractivity contribution in [2.75, 3.05) is 27.3 Å². The van der Waals surface area contributed by atoms with E-state index in [1.54, 1.807) is 13.2 Å². The molecule has 108 valence electrons. The summed E-state index contributed by atoms with van der Waals surface area (Å²) in [5, 5.41) is 1.01. The zero-order chi connectivity index (χ0) is 14.5. The molecule has 1 aromatic heterocycles. The Kier molecular flexibility index (Phi) is 4.93. The zero-order valence-corrected chi connectivity index (χ0v) is 12.3. The van der Waals surface area contributed by atoms with E-state index in [9.17, 15) is 4.79 Å². The number of rotatable bonds is 6. The Hall–Kier alpha value is -1.65. The van der Waals surface area contributed by atoms with Crippen LogP contribution >= 0.6 is 0 Å². The van der Waals surface area contributed by atoms with Crippen LogP contribution in [0.4, 0.5) is 0 Å². The maximum atomic E-state index is 11.7. The predicted molar refractivity (Wildman–Crippen MR) is 80.0 cm³/mol. The van der Waals surface area contributed by atoms with E-state index < -0.39 is 0 Å². The number of aryl methyl sites for hydroxylation is 1. The van der Waals surface area contributed by atoms with Gasteiger partial charge in [0.25, 0.3) is 0 Å². The van der Waals surface area contributed by atoms with Gasteiger partial charge in [0.1, 0.15) is 5.58 Å². The highest BCUT2D eigenvalue weighted by Crippen LogP contribution is 2.19. The molecule has 2 aromatic rings. The van der Waals surface area contributed by atoms with Crippen molar-refractivity contribution in [3.05, 3.63) is 45.8 Å². The van der Waals surface area contributed by atoms with Crippen molar-refractivity contribution in [2.24, 2.45) is 0 Å². The largest absolute Gasteiger partial charge is 0.423 e. The topological polar surface area (TPSA) is 42.7 Å². The van der Waals surface area contributed by atoms with Crippen molar-refractivity contribution in [3.63, 3.8) is 0 Å². The van der Waals surface area contributed by atoms with Gasteiger partial charge in [-0.25, -0.2) is 4.79 Å². The maximum Gasteiger partial charge on any atom is 0.336 e. The number of ether oxygens (including phenoxy) is 1. The van der Waals surface area contributed by atoms with E-state index in [-0.39, 0.29) is 5.63 Å². The first kappa shape index (κ1) is 14.8. The van der Waals surface area contributed by atoms with E-state index >= 15 is 0 Å². The van der Waals surface area contributed by atoms with Gasteiger partial charge < -0.3 is 14.1 Å². The van der Waals surface area contributed by atoms with E-state index in [0.29, 0.717) is 5.58 Å². The highest BCUT2D eigenvalue weighted by Gasteiger charge is 2.08. The smallest absolute Gasteiger partial charge is 0.336 e. The molecule has 0 aliphatic rings. The van der Waals surface area contributed by atoms with Crippen LogP contribution in [0.5, 0.6) is 0 Å². The molecule has 0 aliphatic carbocycles. The Balaban J connectivity index is 2.23. The number of benzene rings is 1. The van der Waals surface area contributed by atoms with Crippen LogP contribution in [0.15, 0.2) is 33.5 Å². The SMILES string of the molecule is COCCCN(C)Cc1cc(=O)oc2cc(C)ccc12. The maximum absolute atomic E-state index is 11.7. The van der Waals surface area contributed by atoms with Gasteiger partial charge in [0, 0.05) is 38.3 Å². The summed E-state index contributed by atoms with van der Waals surface area (Å²) in [6, 6.07) is 7.55. The first-order valence-electron chi connectivity index (χ1n) is 6.81. The van der Waals surface area contributed by atoms with Crippen LogP contribution in [0.25, 0.3) is 11.0 Å². The van der Waals surface area contributed by atoms with Gasteiger partial charge in [0.05, 0.1) is 0 Å². The minimum absolute atomic E-state index is 0.289. The van der Waals surface area contributed by atoms with Crippen LogP contribution in [0.2, 0.25) is 0 Å². The Morgan fingerprint density at radius 1 is 1.30 bits per heavy atom. The third-order valence-corrected chi connectivity index (χ3v) is 3.31. The first-order chi connectivity index (χ1) is 9.60. The van der Waals surface area contributed by atoms with E-state index in [4.69, 9.17) is 9.15 Å². The fraction of sp³-hybridized carbons (Fsp3) is 0.438. The van der Waals surface area contributed by atoms with Crippen LogP contribution in [0.1, 0.15) is 17.5 Å². The third kappa shape index (κ3) is 3.68. The molecule has 0 aliphatic heterocycles. The molecule has 0 saturated carbocycles. The minimum Gasteiger partial charge on any atom is -0.423 e. The molecule has 0 amide bonds. The lowest BCUT2D eigenvalue weighted by Gasteiger charge is -2.17. The molecule has 4 heteroatoms. The molecule has 20 heavy (non-hydrogen) atoms. The summed E-state index contributed by atoms with van der Waals surface area (Å²) >= 11 is 0. The lowest BCUT2D eigenvalue weighted by atomic mass is 10.1. The number of fused-ring (bicyclic) bond motifs is 1. The average molecular weight is 275 g/mol. The van der Waals surface area contributed by atoms with Crippen LogP contribution in [-0.4, -0.2) is 32.2 Å². The molecule has 1 aromatic carbocycles. The number of hydrogen-bond donors (Lipinski definition) is 0. The van der Waals surface area contributed by atoms with Gasteiger partial charge in [-0.15, -0.1) is 0 Å². The monoisotopic (exact) mass is 275 g/mol. The second-order valence-corrected chi connectivity index (χ2v) is 5.17. The molecule has 2 rings (SSSR count). The van der Waals surface area contributed by atoms with Crippen LogP contribution < -0.4 is 5.63 Å². The molecule has 0 spiro atoms. The Labute approximate surface area is 119 Å². The fourth-order valence-electron chi connectivity index (χ4n) is 2.32. The van der Waals surface area contributed by atoms with Crippen LogP contribution in [0.3, 0.4) is 0 Å². The Bertz CT molecular complexity index is 633. The van der Waals surface area contributed by atoms with Gasteiger partial charge in [-0.2, -0.15) is 0 Å². The van der Waals surface area contributed by atoms with Crippen LogP contribution in [0, 0.1) is 6.92 Å². The number of methoxy groups -OCH3 is 1. The third-order valence-electron chi connectivity index (χ3n) is 3.31. The zero-order valence-electron chi connectivity index (χ0n) is 12.3. The van der Waals surface area contributed by atoms with Crippen molar-refractivity contribution in [2.45, 2.75) is 19.9 Å². The molecule has 0 atom stereocenters. The van der Waals surface area contributed by atoms with Gasteiger partial charge in [0.2, 0.25) is 0 Å². The predicted octanol–water partition coefficient (Wildman–Crippen LogP) is 2.57. The van der Waals surface area contributed by atoms with E-state index in [1.165, 1.54) is 0 Å². The molecule has 1 heterocycles. The Morgan fingerprint density at radius 2 is 2.10 bits per heavy atom.